The van der Waals surface area contributed by atoms with Gasteiger partial charge in [-0.05, 0) is 25.5 Å². The molecule has 0 saturated heterocycles. The summed E-state index contributed by atoms with van der Waals surface area (Å²) in [6, 6.07) is 12.8. The second kappa shape index (κ2) is 8.75. The second-order valence-electron chi connectivity index (χ2n) is 5.94. The van der Waals surface area contributed by atoms with E-state index in [1.165, 1.54) is 6.07 Å². The fourth-order valence-corrected chi connectivity index (χ4v) is 2.40. The van der Waals surface area contributed by atoms with Gasteiger partial charge in [0.2, 0.25) is 5.91 Å². The molecule has 0 aromatic heterocycles. The van der Waals surface area contributed by atoms with Crippen LogP contribution in [0.3, 0.4) is 0 Å². The molecule has 0 fully saturated rings. The average Bonchev–Trinajstić information content (AvgIpc) is 2.62. The van der Waals surface area contributed by atoms with Gasteiger partial charge >= 0.3 is 0 Å². The van der Waals surface area contributed by atoms with E-state index in [1.54, 1.807) is 42.5 Å². The van der Waals surface area contributed by atoms with Gasteiger partial charge in [-0.3, -0.25) is 19.7 Å². The highest BCUT2D eigenvalue weighted by molar-refractivity contribution is 6.04. The number of rotatable bonds is 7. The van der Waals surface area contributed by atoms with Gasteiger partial charge in [0.25, 0.3) is 11.6 Å². The lowest BCUT2D eigenvalue weighted by Gasteiger charge is -2.14. The van der Waals surface area contributed by atoms with E-state index in [2.05, 4.69) is 10.6 Å². The Kier molecular flexibility index (Phi) is 6.43. The minimum atomic E-state index is -0.518. The summed E-state index contributed by atoms with van der Waals surface area (Å²) in [7, 11) is 0. The molecule has 0 heterocycles. The number of anilines is 1. The summed E-state index contributed by atoms with van der Waals surface area (Å²) in [6.45, 7) is 3.86. The van der Waals surface area contributed by atoms with Crippen molar-refractivity contribution in [2.75, 3.05) is 5.32 Å². The molecule has 0 radical (unpaired) electrons. The van der Waals surface area contributed by atoms with E-state index in [-0.39, 0.29) is 24.1 Å². The van der Waals surface area contributed by atoms with Gasteiger partial charge in [-0.15, -0.1) is 0 Å². The summed E-state index contributed by atoms with van der Waals surface area (Å²) in [6.07, 6.45) is 0.635. The third kappa shape index (κ3) is 4.89. The number of benzene rings is 2. The first-order valence-corrected chi connectivity index (χ1v) is 8.34. The van der Waals surface area contributed by atoms with Gasteiger partial charge in [0.15, 0.2) is 0 Å². The average molecular weight is 355 g/mol. The molecule has 2 aromatic rings. The molecule has 2 aromatic carbocycles. The Labute approximate surface area is 151 Å². The topological polar surface area (TPSA) is 101 Å². The van der Waals surface area contributed by atoms with Crippen molar-refractivity contribution in [3.8, 4) is 0 Å². The molecule has 0 aliphatic heterocycles. The third-order valence-electron chi connectivity index (χ3n) is 3.97. The van der Waals surface area contributed by atoms with Crippen LogP contribution in [0.1, 0.15) is 36.2 Å². The van der Waals surface area contributed by atoms with Gasteiger partial charge in [-0.25, -0.2) is 0 Å². The number of hydrogen-bond donors (Lipinski definition) is 2. The molecule has 2 amide bonds. The molecule has 7 nitrogen and oxygen atoms in total. The number of para-hydroxylation sites is 2. The van der Waals surface area contributed by atoms with Crippen molar-refractivity contribution in [2.24, 2.45) is 0 Å². The van der Waals surface area contributed by atoms with Crippen molar-refractivity contribution in [1.82, 2.24) is 5.32 Å². The smallest absolute Gasteiger partial charge is 0.273 e. The minimum absolute atomic E-state index is 0.0122. The molecular formula is C19H21N3O4. The molecule has 0 aliphatic rings. The minimum Gasteiger partial charge on any atom is -0.350 e. The summed E-state index contributed by atoms with van der Waals surface area (Å²) in [5, 5.41) is 16.6. The maximum atomic E-state index is 12.4. The van der Waals surface area contributed by atoms with Gasteiger partial charge in [-0.1, -0.05) is 37.3 Å². The van der Waals surface area contributed by atoms with Gasteiger partial charge in [0.1, 0.15) is 0 Å². The number of amides is 2. The Hall–Kier alpha value is -3.22. The van der Waals surface area contributed by atoms with Crippen LogP contribution < -0.4 is 10.6 Å². The number of hydrogen-bond acceptors (Lipinski definition) is 4. The van der Waals surface area contributed by atoms with Gasteiger partial charge in [0.05, 0.1) is 22.6 Å². The van der Waals surface area contributed by atoms with Crippen molar-refractivity contribution >= 4 is 23.2 Å². The summed E-state index contributed by atoms with van der Waals surface area (Å²) in [5.74, 6) is -0.705. The quantitative estimate of drug-likeness (QED) is 0.587. The molecule has 0 bridgehead atoms. The van der Waals surface area contributed by atoms with Crippen molar-refractivity contribution in [1.29, 1.82) is 0 Å². The molecule has 2 N–H and O–H groups in total. The van der Waals surface area contributed by atoms with Crippen LogP contribution in [0.2, 0.25) is 0 Å². The Morgan fingerprint density at radius 3 is 2.46 bits per heavy atom. The van der Waals surface area contributed by atoms with Crippen LogP contribution in [-0.2, 0) is 11.2 Å². The Morgan fingerprint density at radius 2 is 1.77 bits per heavy atom. The fraction of sp³-hybridized carbons (Fsp3) is 0.263. The highest BCUT2D eigenvalue weighted by atomic mass is 16.6. The largest absolute Gasteiger partial charge is 0.350 e. The SMILES string of the molecule is CC[C@@H](C)NC(=O)c1ccccc1NC(=O)Cc1ccccc1[N+](=O)[O-]. The molecule has 26 heavy (non-hydrogen) atoms. The number of nitro groups is 1. The predicted octanol–water partition coefficient (Wildman–Crippen LogP) is 3.30. The van der Waals surface area contributed by atoms with E-state index in [9.17, 15) is 19.7 Å². The van der Waals surface area contributed by atoms with E-state index in [1.807, 2.05) is 13.8 Å². The van der Waals surface area contributed by atoms with Crippen LogP contribution >= 0.6 is 0 Å². The van der Waals surface area contributed by atoms with Gasteiger partial charge < -0.3 is 10.6 Å². The predicted molar refractivity (Wildman–Crippen MR) is 99.1 cm³/mol. The first-order valence-electron chi connectivity index (χ1n) is 8.34. The lowest BCUT2D eigenvalue weighted by Crippen LogP contribution is -2.32. The Bertz CT molecular complexity index is 820. The van der Waals surface area contributed by atoms with Crippen LogP contribution in [-0.4, -0.2) is 22.8 Å². The zero-order valence-electron chi connectivity index (χ0n) is 14.7. The van der Waals surface area contributed by atoms with Crippen molar-refractivity contribution in [3.63, 3.8) is 0 Å². The van der Waals surface area contributed by atoms with Crippen molar-refractivity contribution in [2.45, 2.75) is 32.7 Å². The van der Waals surface area contributed by atoms with Gasteiger partial charge in [-0.2, -0.15) is 0 Å². The first-order chi connectivity index (χ1) is 12.4. The molecule has 0 spiro atoms. The Balaban J connectivity index is 2.15. The van der Waals surface area contributed by atoms with Gasteiger partial charge in [0, 0.05) is 17.7 Å². The Morgan fingerprint density at radius 1 is 1.12 bits per heavy atom. The normalized spacial score (nSPS) is 11.5. The monoisotopic (exact) mass is 355 g/mol. The third-order valence-corrected chi connectivity index (χ3v) is 3.97. The maximum absolute atomic E-state index is 12.4. The second-order valence-corrected chi connectivity index (χ2v) is 5.94. The molecule has 0 unspecified atom stereocenters. The fourth-order valence-electron chi connectivity index (χ4n) is 2.40. The molecule has 1 atom stereocenters. The molecular weight excluding hydrogens is 334 g/mol. The first kappa shape index (κ1) is 19.1. The molecule has 136 valence electrons. The van der Waals surface area contributed by atoms with Crippen molar-refractivity contribution < 1.29 is 14.5 Å². The van der Waals surface area contributed by atoms with Crippen LogP contribution in [0.5, 0.6) is 0 Å². The zero-order valence-corrected chi connectivity index (χ0v) is 14.7. The van der Waals surface area contributed by atoms with Crippen LogP contribution in [0.15, 0.2) is 48.5 Å². The van der Waals surface area contributed by atoms with Crippen LogP contribution in [0, 0.1) is 10.1 Å². The number of nitro benzene ring substituents is 1. The van der Waals surface area contributed by atoms with E-state index in [0.29, 0.717) is 16.8 Å². The summed E-state index contributed by atoms with van der Waals surface area (Å²) >= 11 is 0. The highest BCUT2D eigenvalue weighted by Gasteiger charge is 2.18. The number of carbonyl (C=O) groups excluding carboxylic acids is 2. The number of nitrogens with zero attached hydrogens (tertiary/aromatic N) is 1. The molecule has 0 aliphatic carbocycles. The number of nitrogens with one attached hydrogen (secondary N) is 2. The molecule has 0 saturated carbocycles. The zero-order chi connectivity index (χ0) is 19.1. The lowest BCUT2D eigenvalue weighted by atomic mass is 10.1. The van der Waals surface area contributed by atoms with E-state index in [4.69, 9.17) is 0 Å². The summed E-state index contributed by atoms with van der Waals surface area (Å²) in [4.78, 5) is 35.3. The standard InChI is InChI=1S/C19H21N3O4/c1-3-13(2)20-19(24)15-9-5-6-10-16(15)21-18(23)12-14-8-4-7-11-17(14)22(25)26/h4-11,13H,3,12H2,1-2H3,(H,20,24)(H,21,23)/t13-/m1/s1. The summed E-state index contributed by atoms with van der Waals surface area (Å²) < 4.78 is 0. The lowest BCUT2D eigenvalue weighted by molar-refractivity contribution is -0.385. The van der Waals surface area contributed by atoms with Crippen LogP contribution in [0.25, 0.3) is 0 Å². The highest BCUT2D eigenvalue weighted by Crippen LogP contribution is 2.20. The van der Waals surface area contributed by atoms with E-state index < -0.39 is 10.8 Å². The molecule has 2 rings (SSSR count). The maximum Gasteiger partial charge on any atom is 0.273 e. The van der Waals surface area contributed by atoms with E-state index in [0.717, 1.165) is 6.42 Å². The number of carbonyl (C=O) groups is 2. The molecule has 7 heteroatoms. The van der Waals surface area contributed by atoms with Crippen molar-refractivity contribution in [3.05, 3.63) is 69.8 Å². The van der Waals surface area contributed by atoms with E-state index >= 15 is 0 Å². The summed E-state index contributed by atoms with van der Waals surface area (Å²) in [5.41, 5.74) is 0.933. The van der Waals surface area contributed by atoms with Crippen LogP contribution in [0.4, 0.5) is 11.4 Å².